The van der Waals surface area contributed by atoms with Gasteiger partial charge in [-0.15, -0.1) is 24.0 Å². The third-order valence-electron chi connectivity index (χ3n) is 7.83. The number of piperazine rings is 1. The van der Waals surface area contributed by atoms with Gasteiger partial charge in [0.1, 0.15) is 0 Å². The maximum absolute atomic E-state index is 14.0. The number of halogens is 2. The number of nitrogens with one attached hydrogen (secondary N) is 1. The minimum atomic E-state index is -0.294. The average Bonchev–Trinajstić information content (AvgIpc) is 3.13. The first kappa shape index (κ1) is 23.0. The Morgan fingerprint density at radius 1 is 1.29 bits per heavy atom. The molecule has 0 amide bonds. The van der Waals surface area contributed by atoms with Gasteiger partial charge in [0.15, 0.2) is 17.5 Å². The van der Waals surface area contributed by atoms with Crippen LogP contribution < -0.4 is 10.1 Å². The summed E-state index contributed by atoms with van der Waals surface area (Å²) in [6.07, 6.45) is 5.55. The third-order valence-corrected chi connectivity index (χ3v) is 7.83. The van der Waals surface area contributed by atoms with E-state index in [0.29, 0.717) is 29.2 Å². The summed E-state index contributed by atoms with van der Waals surface area (Å²) in [5.41, 5.74) is 1.34. The fourth-order valence-corrected chi connectivity index (χ4v) is 6.08. The molecule has 1 aromatic rings. The average molecular weight is 544 g/mol. The van der Waals surface area contributed by atoms with Crippen LogP contribution in [0.25, 0.3) is 0 Å². The zero-order valence-corrected chi connectivity index (χ0v) is 20.8. The molecule has 172 valence electrons. The zero-order valence-electron chi connectivity index (χ0n) is 18.5. The number of methoxy groups -OCH3 is 1. The van der Waals surface area contributed by atoms with Gasteiger partial charge in [0.2, 0.25) is 0 Å². The lowest BCUT2D eigenvalue weighted by molar-refractivity contribution is -0.171. The van der Waals surface area contributed by atoms with Gasteiger partial charge in [-0.2, -0.15) is 0 Å². The summed E-state index contributed by atoms with van der Waals surface area (Å²) in [7, 11) is 3.39. The molecule has 5 rings (SSSR count). The molecule has 4 fully saturated rings. The lowest BCUT2D eigenvalue weighted by Crippen LogP contribution is -2.73. The lowest BCUT2D eigenvalue weighted by Gasteiger charge is -2.63. The summed E-state index contributed by atoms with van der Waals surface area (Å²) in [5.74, 6) is 1.69. The smallest absolute Gasteiger partial charge is 0.193 e. The van der Waals surface area contributed by atoms with Gasteiger partial charge in [0.25, 0.3) is 0 Å². The second-order valence-corrected chi connectivity index (χ2v) is 9.23. The summed E-state index contributed by atoms with van der Waals surface area (Å²) >= 11 is 0. The molecule has 31 heavy (non-hydrogen) atoms. The standard InChI is InChI=1S/C23H33FN4O2.HI/c1-25-22(26-20-17-6-13-30-21(17)23(20)7-3-8-23)28-11-9-27(10-12-28)15-16-4-5-19(29-2)18(24)14-16;/h4-5,14,17,20-21H,3,6-13,15H2,1-2H3,(H,25,26);1H. The Morgan fingerprint density at radius 3 is 2.68 bits per heavy atom. The van der Waals surface area contributed by atoms with E-state index in [1.54, 1.807) is 12.1 Å². The molecule has 8 heteroatoms. The molecule has 4 aliphatic rings. The van der Waals surface area contributed by atoms with E-state index in [0.717, 1.165) is 50.9 Å². The van der Waals surface area contributed by atoms with Crippen molar-refractivity contribution in [1.29, 1.82) is 0 Å². The number of rotatable bonds is 4. The number of hydrogen-bond acceptors (Lipinski definition) is 4. The van der Waals surface area contributed by atoms with Gasteiger partial charge < -0.3 is 19.7 Å². The van der Waals surface area contributed by atoms with E-state index < -0.39 is 0 Å². The van der Waals surface area contributed by atoms with Gasteiger partial charge in [-0.25, -0.2) is 4.39 Å². The van der Waals surface area contributed by atoms with Crippen LogP contribution in [0.1, 0.15) is 31.2 Å². The Hall–Kier alpha value is -1.13. The largest absolute Gasteiger partial charge is 0.494 e. The molecular weight excluding hydrogens is 510 g/mol. The Kier molecular flexibility index (Phi) is 6.98. The van der Waals surface area contributed by atoms with Crippen molar-refractivity contribution >= 4 is 29.9 Å². The van der Waals surface area contributed by atoms with Crippen molar-refractivity contribution in [2.24, 2.45) is 16.3 Å². The van der Waals surface area contributed by atoms with Gasteiger partial charge in [-0.3, -0.25) is 9.89 Å². The minimum Gasteiger partial charge on any atom is -0.494 e. The van der Waals surface area contributed by atoms with E-state index >= 15 is 0 Å². The van der Waals surface area contributed by atoms with Gasteiger partial charge in [-0.1, -0.05) is 12.5 Å². The van der Waals surface area contributed by atoms with Crippen LogP contribution in [0.2, 0.25) is 0 Å². The highest BCUT2D eigenvalue weighted by Crippen LogP contribution is 2.62. The zero-order chi connectivity index (χ0) is 20.7. The molecule has 1 spiro atoms. The maximum Gasteiger partial charge on any atom is 0.193 e. The quantitative estimate of drug-likeness (QED) is 0.359. The summed E-state index contributed by atoms with van der Waals surface area (Å²) in [4.78, 5) is 9.37. The van der Waals surface area contributed by atoms with E-state index in [1.807, 2.05) is 13.1 Å². The number of nitrogens with zero attached hydrogens (tertiary/aromatic N) is 3. The number of fused-ring (bicyclic) bond motifs is 2. The molecule has 0 radical (unpaired) electrons. The van der Waals surface area contributed by atoms with E-state index in [-0.39, 0.29) is 29.8 Å². The fraction of sp³-hybridized carbons (Fsp3) is 0.696. The lowest BCUT2D eigenvalue weighted by atomic mass is 9.46. The summed E-state index contributed by atoms with van der Waals surface area (Å²) in [6.45, 7) is 5.43. The summed E-state index contributed by atoms with van der Waals surface area (Å²) < 4.78 is 25.1. The topological polar surface area (TPSA) is 49.3 Å². The molecule has 3 atom stereocenters. The van der Waals surface area contributed by atoms with Crippen molar-refractivity contribution < 1.29 is 13.9 Å². The number of aliphatic imine (C=N–C) groups is 1. The molecule has 0 aromatic heterocycles. The summed E-state index contributed by atoms with van der Waals surface area (Å²) in [5, 5.41) is 3.84. The van der Waals surface area contributed by atoms with Gasteiger partial charge in [-0.05, 0) is 37.0 Å². The van der Waals surface area contributed by atoms with E-state index in [9.17, 15) is 4.39 Å². The normalized spacial score (nSPS) is 29.6. The number of guanidine groups is 1. The Labute approximate surface area is 201 Å². The molecule has 2 aliphatic heterocycles. The first-order valence-corrected chi connectivity index (χ1v) is 11.3. The van der Waals surface area contributed by atoms with E-state index in [4.69, 9.17) is 9.47 Å². The molecule has 1 N–H and O–H groups in total. The molecule has 2 aliphatic carbocycles. The van der Waals surface area contributed by atoms with Crippen molar-refractivity contribution in [2.75, 3.05) is 46.9 Å². The molecule has 2 heterocycles. The van der Waals surface area contributed by atoms with Crippen LogP contribution in [-0.4, -0.2) is 74.8 Å². The highest BCUT2D eigenvalue weighted by atomic mass is 127. The minimum absolute atomic E-state index is 0. The monoisotopic (exact) mass is 544 g/mol. The highest BCUT2D eigenvalue weighted by Gasteiger charge is 2.66. The van der Waals surface area contributed by atoms with Crippen LogP contribution in [0, 0.1) is 17.2 Å². The highest BCUT2D eigenvalue weighted by molar-refractivity contribution is 14.0. The number of benzene rings is 1. The third kappa shape index (κ3) is 4.04. The van der Waals surface area contributed by atoms with Crippen molar-refractivity contribution in [3.63, 3.8) is 0 Å². The van der Waals surface area contributed by atoms with Crippen LogP contribution in [0.4, 0.5) is 4.39 Å². The van der Waals surface area contributed by atoms with E-state index in [1.165, 1.54) is 32.8 Å². The van der Waals surface area contributed by atoms with Crippen LogP contribution in [-0.2, 0) is 11.3 Å². The van der Waals surface area contributed by atoms with Crippen molar-refractivity contribution in [1.82, 2.24) is 15.1 Å². The molecule has 0 bridgehead atoms. The molecule has 2 saturated carbocycles. The Morgan fingerprint density at radius 2 is 2.06 bits per heavy atom. The van der Waals surface area contributed by atoms with Crippen molar-refractivity contribution in [3.8, 4) is 5.75 Å². The SMILES string of the molecule is CN=C(NC1C2CCOC2C12CCC2)N1CCN(Cc2ccc(OC)c(F)c2)CC1.I. The molecule has 2 saturated heterocycles. The van der Waals surface area contributed by atoms with Crippen LogP contribution in [0.5, 0.6) is 5.75 Å². The first-order chi connectivity index (χ1) is 14.6. The number of hydrogen-bond donors (Lipinski definition) is 1. The second-order valence-electron chi connectivity index (χ2n) is 9.23. The van der Waals surface area contributed by atoms with Crippen LogP contribution >= 0.6 is 24.0 Å². The maximum atomic E-state index is 14.0. The molecule has 3 unspecified atom stereocenters. The van der Waals surface area contributed by atoms with E-state index in [2.05, 4.69) is 20.1 Å². The Bertz CT molecular complexity index is 811. The predicted molar refractivity (Wildman–Crippen MR) is 130 cm³/mol. The van der Waals surface area contributed by atoms with Gasteiger partial charge in [0.05, 0.1) is 13.2 Å². The molecule has 6 nitrogen and oxygen atoms in total. The Balaban J connectivity index is 0.00000231. The van der Waals surface area contributed by atoms with Gasteiger partial charge in [0, 0.05) is 63.8 Å². The van der Waals surface area contributed by atoms with Crippen molar-refractivity contribution in [2.45, 2.75) is 44.4 Å². The molecular formula is C23H34FIN4O2. The molecule has 1 aromatic carbocycles. The second kappa shape index (κ2) is 9.39. The summed E-state index contributed by atoms with van der Waals surface area (Å²) in [6, 6.07) is 5.75. The fourth-order valence-electron chi connectivity index (χ4n) is 6.08. The van der Waals surface area contributed by atoms with Gasteiger partial charge >= 0.3 is 0 Å². The van der Waals surface area contributed by atoms with Crippen LogP contribution in [0.3, 0.4) is 0 Å². The van der Waals surface area contributed by atoms with Crippen molar-refractivity contribution in [3.05, 3.63) is 29.6 Å². The first-order valence-electron chi connectivity index (χ1n) is 11.3. The van der Waals surface area contributed by atoms with Crippen LogP contribution in [0.15, 0.2) is 23.2 Å². The number of ether oxygens (including phenoxy) is 2. The predicted octanol–water partition coefficient (Wildman–Crippen LogP) is 3.10.